The molecule has 1 amide bonds. The van der Waals surface area contributed by atoms with Crippen LogP contribution < -0.4 is 10.6 Å². The van der Waals surface area contributed by atoms with E-state index in [0.717, 1.165) is 12.2 Å². The molecule has 1 atom stereocenters. The normalized spacial score (nSPS) is 15.6. The number of methoxy groups -OCH3 is 1. The molecule has 1 heterocycles. The van der Waals surface area contributed by atoms with Gasteiger partial charge < -0.3 is 30.0 Å². The second kappa shape index (κ2) is 13.3. The summed E-state index contributed by atoms with van der Waals surface area (Å²) >= 11 is 6.45. The van der Waals surface area contributed by atoms with Crippen molar-refractivity contribution in [2.75, 3.05) is 33.5 Å². The summed E-state index contributed by atoms with van der Waals surface area (Å²) in [5.41, 5.74) is 1.72. The number of carbonyl (C=O) groups excluding carboxylic acids is 3. The third kappa shape index (κ3) is 7.43. The lowest BCUT2D eigenvalue weighted by Gasteiger charge is -2.31. The van der Waals surface area contributed by atoms with E-state index in [9.17, 15) is 19.2 Å². The first kappa shape index (κ1) is 27.6. The molecular weight excluding hydrogens is 480 g/mol. The molecule has 1 aromatic carbocycles. The van der Waals surface area contributed by atoms with Crippen molar-refractivity contribution in [2.24, 2.45) is 0 Å². The monoisotopic (exact) mass is 506 g/mol. The molecule has 0 radical (unpaired) electrons. The molecule has 0 fully saturated rings. The minimum absolute atomic E-state index is 0.0668. The number of amides is 1. The Labute approximate surface area is 207 Å². The number of nitrogens with one attached hydrogen (secondary N) is 2. The van der Waals surface area contributed by atoms with Crippen LogP contribution in [0.4, 0.5) is 0 Å². The minimum Gasteiger partial charge on any atom is -0.478 e. The SMILES string of the molecule is CCOC(=O)C1=C(COCCNC(=O)/C=C\C(=O)O)NC(C)=C(C(=O)OC)[C@H]1c1ccccc1Cl. The Morgan fingerprint density at radius 3 is 2.49 bits per heavy atom. The first-order chi connectivity index (χ1) is 16.7. The van der Waals surface area contributed by atoms with Crippen molar-refractivity contribution < 1.29 is 38.5 Å². The molecule has 0 saturated carbocycles. The van der Waals surface area contributed by atoms with Gasteiger partial charge in [-0.25, -0.2) is 14.4 Å². The predicted molar refractivity (Wildman–Crippen MR) is 126 cm³/mol. The number of hydrogen-bond acceptors (Lipinski definition) is 8. The predicted octanol–water partition coefficient (Wildman–Crippen LogP) is 2.06. The fraction of sp³-hybridized carbons (Fsp3) is 0.333. The van der Waals surface area contributed by atoms with Gasteiger partial charge in [-0.15, -0.1) is 0 Å². The lowest BCUT2D eigenvalue weighted by atomic mass is 9.80. The number of dihydropyridines is 1. The molecule has 3 N–H and O–H groups in total. The van der Waals surface area contributed by atoms with E-state index in [1.165, 1.54) is 7.11 Å². The van der Waals surface area contributed by atoms with Crippen LogP contribution in [0, 0.1) is 0 Å². The number of carboxylic acid groups (broad SMARTS) is 1. The van der Waals surface area contributed by atoms with E-state index in [-0.39, 0.29) is 37.5 Å². The Bertz CT molecular complexity index is 1080. The summed E-state index contributed by atoms with van der Waals surface area (Å²) in [5.74, 6) is -3.96. The van der Waals surface area contributed by atoms with Gasteiger partial charge in [-0.05, 0) is 25.5 Å². The summed E-state index contributed by atoms with van der Waals surface area (Å²) in [4.78, 5) is 47.8. The molecule has 0 saturated heterocycles. The number of rotatable bonds is 11. The summed E-state index contributed by atoms with van der Waals surface area (Å²) in [5, 5.41) is 14.4. The third-order valence-corrected chi connectivity index (χ3v) is 5.28. The van der Waals surface area contributed by atoms with E-state index in [1.807, 2.05) is 0 Å². The van der Waals surface area contributed by atoms with Crippen LogP contribution in [-0.2, 0) is 33.4 Å². The zero-order valence-corrected chi connectivity index (χ0v) is 20.3. The topological polar surface area (TPSA) is 140 Å². The second-order valence-corrected chi connectivity index (χ2v) is 7.64. The van der Waals surface area contributed by atoms with Crippen LogP contribution in [0.2, 0.25) is 5.02 Å². The highest BCUT2D eigenvalue weighted by molar-refractivity contribution is 6.31. The molecule has 188 valence electrons. The van der Waals surface area contributed by atoms with Gasteiger partial charge in [-0.3, -0.25) is 4.79 Å². The number of ether oxygens (including phenoxy) is 3. The molecule has 1 aromatic rings. The van der Waals surface area contributed by atoms with Crippen molar-refractivity contribution in [3.63, 3.8) is 0 Å². The number of benzene rings is 1. The van der Waals surface area contributed by atoms with E-state index in [4.69, 9.17) is 30.9 Å². The standard InChI is InChI=1S/C24H27ClN2O8/c1-4-35-24(32)22-17(13-34-12-11-26-18(28)9-10-19(29)30)27-14(2)20(23(31)33-3)21(22)15-7-5-6-8-16(15)25/h5-10,21,27H,4,11-13H2,1-3H3,(H,26,28)(H,29,30)/b10-9-/t21-/m1/s1. The lowest BCUT2D eigenvalue weighted by molar-refractivity contribution is -0.139. The van der Waals surface area contributed by atoms with Gasteiger partial charge in [-0.2, -0.15) is 0 Å². The van der Waals surface area contributed by atoms with Crippen LogP contribution >= 0.6 is 11.6 Å². The van der Waals surface area contributed by atoms with E-state index in [1.54, 1.807) is 38.1 Å². The molecular formula is C24H27ClN2O8. The highest BCUT2D eigenvalue weighted by Gasteiger charge is 2.39. The van der Waals surface area contributed by atoms with E-state index in [2.05, 4.69) is 10.6 Å². The van der Waals surface area contributed by atoms with Gasteiger partial charge >= 0.3 is 17.9 Å². The van der Waals surface area contributed by atoms with Crippen LogP contribution in [-0.4, -0.2) is 62.4 Å². The zero-order valence-electron chi connectivity index (χ0n) is 19.6. The van der Waals surface area contributed by atoms with Crippen LogP contribution in [0.5, 0.6) is 0 Å². The van der Waals surface area contributed by atoms with E-state index < -0.39 is 29.7 Å². The largest absolute Gasteiger partial charge is 0.478 e. The van der Waals surface area contributed by atoms with Gasteiger partial charge in [0, 0.05) is 29.4 Å². The lowest BCUT2D eigenvalue weighted by Crippen LogP contribution is -2.35. The van der Waals surface area contributed by atoms with Crippen molar-refractivity contribution >= 4 is 35.4 Å². The summed E-state index contributed by atoms with van der Waals surface area (Å²) in [7, 11) is 1.25. The molecule has 1 aliphatic heterocycles. The second-order valence-electron chi connectivity index (χ2n) is 7.24. The van der Waals surface area contributed by atoms with Crippen LogP contribution in [0.15, 0.2) is 59.0 Å². The van der Waals surface area contributed by atoms with Crippen molar-refractivity contribution in [2.45, 2.75) is 19.8 Å². The van der Waals surface area contributed by atoms with Crippen molar-refractivity contribution in [3.8, 4) is 0 Å². The number of aliphatic carboxylic acids is 1. The summed E-state index contributed by atoms with van der Waals surface area (Å²) in [6, 6.07) is 6.85. The van der Waals surface area contributed by atoms with Gasteiger partial charge in [0.1, 0.15) is 0 Å². The Kier molecular flexibility index (Phi) is 10.5. The molecule has 0 bridgehead atoms. The van der Waals surface area contributed by atoms with E-state index >= 15 is 0 Å². The Morgan fingerprint density at radius 1 is 1.14 bits per heavy atom. The number of carbonyl (C=O) groups is 4. The van der Waals surface area contributed by atoms with Gasteiger partial charge in [0.15, 0.2) is 0 Å². The average molecular weight is 507 g/mol. The maximum absolute atomic E-state index is 13.1. The van der Waals surface area contributed by atoms with Crippen LogP contribution in [0.25, 0.3) is 0 Å². The van der Waals surface area contributed by atoms with Crippen LogP contribution in [0.3, 0.4) is 0 Å². The van der Waals surface area contributed by atoms with Gasteiger partial charge in [0.2, 0.25) is 5.91 Å². The molecule has 35 heavy (non-hydrogen) atoms. The Balaban J connectivity index is 2.34. The number of halogens is 1. The molecule has 0 spiro atoms. The van der Waals surface area contributed by atoms with Crippen LogP contribution in [0.1, 0.15) is 25.3 Å². The molecule has 0 unspecified atom stereocenters. The highest BCUT2D eigenvalue weighted by Crippen LogP contribution is 2.41. The highest BCUT2D eigenvalue weighted by atomic mass is 35.5. The maximum atomic E-state index is 13.1. The number of esters is 2. The van der Waals surface area contributed by atoms with Crippen molar-refractivity contribution in [1.29, 1.82) is 0 Å². The Morgan fingerprint density at radius 2 is 1.86 bits per heavy atom. The summed E-state index contributed by atoms with van der Waals surface area (Å²) < 4.78 is 15.9. The van der Waals surface area contributed by atoms with Crippen molar-refractivity contribution in [1.82, 2.24) is 10.6 Å². The molecule has 0 aliphatic carbocycles. The number of carboxylic acids is 1. The van der Waals surface area contributed by atoms with Crippen molar-refractivity contribution in [3.05, 3.63) is 69.5 Å². The van der Waals surface area contributed by atoms with Gasteiger partial charge in [0.05, 0.1) is 49.7 Å². The first-order valence-electron chi connectivity index (χ1n) is 10.7. The fourth-order valence-electron chi connectivity index (χ4n) is 3.49. The summed E-state index contributed by atoms with van der Waals surface area (Å²) in [6.07, 6.45) is 1.62. The summed E-state index contributed by atoms with van der Waals surface area (Å²) in [6.45, 7) is 3.55. The third-order valence-electron chi connectivity index (χ3n) is 4.93. The molecule has 0 aromatic heterocycles. The molecule has 11 heteroatoms. The molecule has 2 rings (SSSR count). The molecule has 10 nitrogen and oxygen atoms in total. The quantitative estimate of drug-likeness (QED) is 0.233. The van der Waals surface area contributed by atoms with Gasteiger partial charge in [-0.1, -0.05) is 29.8 Å². The fourth-order valence-corrected chi connectivity index (χ4v) is 3.73. The van der Waals surface area contributed by atoms with E-state index in [0.29, 0.717) is 22.0 Å². The smallest absolute Gasteiger partial charge is 0.336 e. The average Bonchev–Trinajstić information content (AvgIpc) is 2.82. The maximum Gasteiger partial charge on any atom is 0.336 e. The zero-order chi connectivity index (χ0) is 26.0. The number of hydrogen-bond donors (Lipinski definition) is 3. The molecule has 1 aliphatic rings. The first-order valence-corrected chi connectivity index (χ1v) is 11.1. The number of allylic oxidation sites excluding steroid dienone is 1. The minimum atomic E-state index is -1.24. The Hall–Kier alpha value is -3.63. The van der Waals surface area contributed by atoms with Gasteiger partial charge in [0.25, 0.3) is 0 Å².